The van der Waals surface area contributed by atoms with Crippen LogP contribution in [0.25, 0.3) is 0 Å². The highest BCUT2D eigenvalue weighted by atomic mass is 32.2. The molecule has 2 amide bonds. The van der Waals surface area contributed by atoms with Gasteiger partial charge in [-0.25, -0.2) is 8.42 Å². The number of sulfone groups is 1. The van der Waals surface area contributed by atoms with Crippen molar-refractivity contribution in [2.24, 2.45) is 5.92 Å². The van der Waals surface area contributed by atoms with Gasteiger partial charge in [-0.2, -0.15) is 0 Å². The van der Waals surface area contributed by atoms with Crippen molar-refractivity contribution in [2.75, 3.05) is 36.6 Å². The first-order chi connectivity index (χ1) is 12.9. The van der Waals surface area contributed by atoms with Gasteiger partial charge in [-0.05, 0) is 25.0 Å². The Bertz CT molecular complexity index is 823. The molecule has 27 heavy (non-hydrogen) atoms. The van der Waals surface area contributed by atoms with Gasteiger partial charge >= 0.3 is 0 Å². The predicted molar refractivity (Wildman–Crippen MR) is 103 cm³/mol. The van der Waals surface area contributed by atoms with Crippen LogP contribution in [0.4, 0.5) is 5.69 Å². The molecule has 1 aromatic rings. The lowest BCUT2D eigenvalue weighted by Gasteiger charge is -2.30. The second kappa shape index (κ2) is 7.88. The number of amides is 2. The van der Waals surface area contributed by atoms with E-state index in [2.05, 4.69) is 0 Å². The summed E-state index contributed by atoms with van der Waals surface area (Å²) in [7, 11) is -1.53. The maximum Gasteiger partial charge on any atom is 0.228 e. The number of anilines is 1. The van der Waals surface area contributed by atoms with Gasteiger partial charge in [-0.15, -0.1) is 0 Å². The molecule has 148 valence electrons. The number of hydrogen-bond donors (Lipinski definition) is 0. The molecular weight excluding hydrogens is 368 g/mol. The third-order valence-electron chi connectivity index (χ3n) is 5.25. The number of ether oxygens (including phenoxy) is 1. The number of methoxy groups -OCH3 is 1. The Morgan fingerprint density at radius 3 is 2.70 bits per heavy atom. The monoisotopic (exact) mass is 394 g/mol. The van der Waals surface area contributed by atoms with Crippen LogP contribution >= 0.6 is 0 Å². The van der Waals surface area contributed by atoms with E-state index >= 15 is 0 Å². The average molecular weight is 394 g/mol. The second-order valence-electron chi connectivity index (χ2n) is 7.17. The maximum absolute atomic E-state index is 13.1. The summed E-state index contributed by atoms with van der Waals surface area (Å²) in [4.78, 5) is 29.0. The molecular formula is C19H26N2O5S. The first-order valence-electron chi connectivity index (χ1n) is 9.30. The Labute approximate surface area is 160 Å². The van der Waals surface area contributed by atoms with Crippen LogP contribution < -0.4 is 9.64 Å². The summed E-state index contributed by atoms with van der Waals surface area (Å²) < 4.78 is 29.0. The smallest absolute Gasteiger partial charge is 0.228 e. The second-order valence-corrected chi connectivity index (χ2v) is 9.39. The molecule has 2 fully saturated rings. The van der Waals surface area contributed by atoms with Gasteiger partial charge in [-0.3, -0.25) is 9.59 Å². The molecule has 0 unspecified atom stereocenters. The van der Waals surface area contributed by atoms with E-state index in [1.54, 1.807) is 29.0 Å². The highest BCUT2D eigenvalue weighted by Gasteiger charge is 2.41. The van der Waals surface area contributed by atoms with E-state index in [9.17, 15) is 18.0 Å². The van der Waals surface area contributed by atoms with Crippen molar-refractivity contribution in [1.29, 1.82) is 0 Å². The minimum atomic E-state index is -3.08. The van der Waals surface area contributed by atoms with E-state index in [1.165, 1.54) is 0 Å². The largest absolute Gasteiger partial charge is 0.495 e. The molecule has 2 atom stereocenters. The van der Waals surface area contributed by atoms with Crippen LogP contribution in [0.5, 0.6) is 5.75 Å². The fourth-order valence-electron chi connectivity index (χ4n) is 3.93. The molecule has 0 spiro atoms. The molecule has 0 aromatic heterocycles. The van der Waals surface area contributed by atoms with Gasteiger partial charge in [0.2, 0.25) is 11.8 Å². The van der Waals surface area contributed by atoms with E-state index in [4.69, 9.17) is 4.74 Å². The van der Waals surface area contributed by atoms with Crippen LogP contribution in [0.3, 0.4) is 0 Å². The van der Waals surface area contributed by atoms with Gasteiger partial charge in [0.05, 0.1) is 30.2 Å². The fraction of sp³-hybridized carbons (Fsp3) is 0.579. The number of nitrogens with zero attached hydrogens (tertiary/aromatic N) is 2. The number of benzene rings is 1. The summed E-state index contributed by atoms with van der Waals surface area (Å²) in [6, 6.07) is 6.96. The summed E-state index contributed by atoms with van der Waals surface area (Å²) in [6.45, 7) is 2.76. The zero-order valence-electron chi connectivity index (χ0n) is 15.8. The topological polar surface area (TPSA) is 84.0 Å². The van der Waals surface area contributed by atoms with Gasteiger partial charge in [-0.1, -0.05) is 19.1 Å². The lowest BCUT2D eigenvalue weighted by Crippen LogP contribution is -2.45. The van der Waals surface area contributed by atoms with Crippen molar-refractivity contribution < 1.29 is 22.7 Å². The van der Waals surface area contributed by atoms with Crippen molar-refractivity contribution in [3.63, 3.8) is 0 Å². The van der Waals surface area contributed by atoms with Crippen molar-refractivity contribution in [1.82, 2.24) is 4.90 Å². The number of para-hydroxylation sites is 2. The van der Waals surface area contributed by atoms with Crippen molar-refractivity contribution in [2.45, 2.75) is 32.2 Å². The summed E-state index contributed by atoms with van der Waals surface area (Å²) in [5.74, 6) is 0.0409. The number of rotatable bonds is 6. The van der Waals surface area contributed by atoms with Crippen molar-refractivity contribution >= 4 is 27.3 Å². The van der Waals surface area contributed by atoms with Crippen LogP contribution in [-0.4, -0.2) is 62.9 Å². The standard InChI is InChI=1S/C19H26N2O5S/c1-3-9-20(15-8-10-27(24,25)13-15)19(23)14-11-18(22)21(12-14)16-6-4-5-7-17(16)26-2/h4-7,14-15H,3,8-13H2,1-2H3/t14-,15+/m1/s1. The van der Waals surface area contributed by atoms with E-state index in [-0.39, 0.29) is 42.3 Å². The minimum absolute atomic E-state index is 0.0234. The number of hydrogen-bond acceptors (Lipinski definition) is 5. The molecule has 2 aliphatic rings. The Balaban J connectivity index is 1.77. The highest BCUT2D eigenvalue weighted by molar-refractivity contribution is 7.91. The summed E-state index contributed by atoms with van der Waals surface area (Å²) in [6.07, 6.45) is 1.36. The quantitative estimate of drug-likeness (QED) is 0.730. The van der Waals surface area contributed by atoms with E-state index < -0.39 is 15.8 Å². The summed E-state index contributed by atoms with van der Waals surface area (Å²) in [5.41, 5.74) is 0.658. The van der Waals surface area contributed by atoms with Crippen molar-refractivity contribution in [3.05, 3.63) is 24.3 Å². The first kappa shape index (κ1) is 19.7. The molecule has 2 heterocycles. The van der Waals surface area contributed by atoms with Crippen LogP contribution in [-0.2, 0) is 19.4 Å². The molecule has 0 N–H and O–H groups in total. The third kappa shape index (κ3) is 4.10. The van der Waals surface area contributed by atoms with Crippen LogP contribution in [0.1, 0.15) is 26.2 Å². The average Bonchev–Trinajstić information content (AvgIpc) is 3.21. The van der Waals surface area contributed by atoms with Crippen LogP contribution in [0.2, 0.25) is 0 Å². The zero-order chi connectivity index (χ0) is 19.6. The highest BCUT2D eigenvalue weighted by Crippen LogP contribution is 2.34. The van der Waals surface area contributed by atoms with Gasteiger partial charge in [0, 0.05) is 25.6 Å². The normalized spacial score (nSPS) is 24.2. The molecule has 8 heteroatoms. The Kier molecular flexibility index (Phi) is 5.74. The predicted octanol–water partition coefficient (Wildman–Crippen LogP) is 1.47. The van der Waals surface area contributed by atoms with Crippen molar-refractivity contribution in [3.8, 4) is 5.75 Å². The number of carbonyl (C=O) groups is 2. The Morgan fingerprint density at radius 2 is 2.07 bits per heavy atom. The van der Waals surface area contributed by atoms with E-state index in [0.717, 1.165) is 6.42 Å². The summed E-state index contributed by atoms with van der Waals surface area (Å²) in [5, 5.41) is 0. The number of carbonyl (C=O) groups excluding carboxylic acids is 2. The van der Waals surface area contributed by atoms with Crippen LogP contribution in [0.15, 0.2) is 24.3 Å². The summed E-state index contributed by atoms with van der Waals surface area (Å²) >= 11 is 0. The SMILES string of the molecule is CCCN(C(=O)[C@@H]1CC(=O)N(c2ccccc2OC)C1)[C@H]1CCS(=O)(=O)C1. The fourth-order valence-corrected chi connectivity index (χ4v) is 5.66. The molecule has 2 saturated heterocycles. The maximum atomic E-state index is 13.1. The van der Waals surface area contributed by atoms with Gasteiger partial charge < -0.3 is 14.5 Å². The molecule has 1 aromatic carbocycles. The Morgan fingerprint density at radius 1 is 1.33 bits per heavy atom. The molecule has 7 nitrogen and oxygen atoms in total. The lowest BCUT2D eigenvalue weighted by atomic mass is 10.0. The van der Waals surface area contributed by atoms with E-state index in [1.807, 2.05) is 19.1 Å². The third-order valence-corrected chi connectivity index (χ3v) is 7.00. The minimum Gasteiger partial charge on any atom is -0.495 e. The zero-order valence-corrected chi connectivity index (χ0v) is 16.6. The molecule has 3 rings (SSSR count). The molecule has 0 aliphatic carbocycles. The van der Waals surface area contributed by atoms with Crippen LogP contribution in [0, 0.1) is 5.92 Å². The molecule has 0 bridgehead atoms. The van der Waals surface area contributed by atoms with Gasteiger partial charge in [0.15, 0.2) is 9.84 Å². The van der Waals surface area contributed by atoms with E-state index in [0.29, 0.717) is 24.4 Å². The molecule has 0 radical (unpaired) electrons. The molecule has 0 saturated carbocycles. The van der Waals surface area contributed by atoms with Gasteiger partial charge in [0.25, 0.3) is 0 Å². The first-order valence-corrected chi connectivity index (χ1v) is 11.1. The Hall–Kier alpha value is -2.09. The lowest BCUT2D eigenvalue weighted by molar-refractivity contribution is -0.137. The molecule has 2 aliphatic heterocycles. The van der Waals surface area contributed by atoms with Gasteiger partial charge in [0.1, 0.15) is 5.75 Å².